The average Bonchev–Trinajstić information content (AvgIpc) is 3.02. The largest absolute Gasteiger partial charge is 0.463 e. The van der Waals surface area contributed by atoms with E-state index in [0.717, 1.165) is 11.4 Å². The van der Waals surface area contributed by atoms with Gasteiger partial charge in [-0.15, -0.1) is 0 Å². The molecule has 3 rings (SSSR count). The molecule has 3 aromatic rings. The minimum Gasteiger partial charge on any atom is -0.463 e. The van der Waals surface area contributed by atoms with E-state index in [9.17, 15) is 4.79 Å². The molecule has 1 heterocycles. The molecular formula is C18H17NO3. The van der Waals surface area contributed by atoms with Crippen LogP contribution < -0.4 is 4.90 Å². The second-order valence-electron chi connectivity index (χ2n) is 5.15. The predicted octanol–water partition coefficient (Wildman–Crippen LogP) is 3.86. The quantitative estimate of drug-likeness (QED) is 0.686. The van der Waals surface area contributed by atoms with Gasteiger partial charge in [-0.05, 0) is 35.0 Å². The molecule has 22 heavy (non-hydrogen) atoms. The first-order valence-electron chi connectivity index (χ1n) is 7.04. The zero-order valence-electron chi connectivity index (χ0n) is 12.6. The first kappa shape index (κ1) is 14.2. The van der Waals surface area contributed by atoms with Gasteiger partial charge in [0.25, 0.3) is 0 Å². The Labute approximate surface area is 128 Å². The first-order chi connectivity index (χ1) is 10.7. The number of nitrogens with zero attached hydrogens (tertiary/aromatic N) is 1. The van der Waals surface area contributed by atoms with Crippen LogP contribution in [0.1, 0.15) is 16.3 Å². The van der Waals surface area contributed by atoms with E-state index < -0.39 is 5.97 Å². The molecule has 0 aliphatic heterocycles. The molecule has 1 aromatic heterocycles. The number of rotatable bonds is 4. The zero-order valence-corrected chi connectivity index (χ0v) is 12.6. The van der Waals surface area contributed by atoms with Gasteiger partial charge in [0.1, 0.15) is 5.76 Å². The fraction of sp³-hybridized carbons (Fsp3) is 0.167. The summed E-state index contributed by atoms with van der Waals surface area (Å²) in [6.45, 7) is 0.579. The van der Waals surface area contributed by atoms with Crippen LogP contribution in [0.4, 0.5) is 5.69 Å². The van der Waals surface area contributed by atoms with Crippen molar-refractivity contribution in [2.45, 2.75) is 6.54 Å². The Morgan fingerprint density at radius 1 is 1.09 bits per heavy atom. The van der Waals surface area contributed by atoms with Crippen molar-refractivity contribution in [1.82, 2.24) is 0 Å². The maximum absolute atomic E-state index is 11.4. The Morgan fingerprint density at radius 2 is 1.86 bits per heavy atom. The monoisotopic (exact) mass is 295 g/mol. The van der Waals surface area contributed by atoms with Gasteiger partial charge in [-0.25, -0.2) is 4.79 Å². The number of esters is 1. The van der Waals surface area contributed by atoms with Gasteiger partial charge in [-0.1, -0.05) is 30.3 Å². The number of carbonyl (C=O) groups is 1. The van der Waals surface area contributed by atoms with Gasteiger partial charge >= 0.3 is 5.97 Å². The van der Waals surface area contributed by atoms with Crippen molar-refractivity contribution in [2.24, 2.45) is 0 Å². The third kappa shape index (κ3) is 2.81. The summed E-state index contributed by atoms with van der Waals surface area (Å²) in [6, 6.07) is 18.0. The van der Waals surface area contributed by atoms with Crippen molar-refractivity contribution in [2.75, 3.05) is 19.1 Å². The van der Waals surface area contributed by atoms with Crippen LogP contribution in [0.3, 0.4) is 0 Å². The van der Waals surface area contributed by atoms with E-state index in [2.05, 4.69) is 40.0 Å². The first-order valence-corrected chi connectivity index (χ1v) is 7.04. The Hall–Kier alpha value is -2.75. The summed E-state index contributed by atoms with van der Waals surface area (Å²) in [5.41, 5.74) is 1.09. The van der Waals surface area contributed by atoms with E-state index in [-0.39, 0.29) is 5.76 Å². The van der Waals surface area contributed by atoms with Crippen molar-refractivity contribution < 1.29 is 13.9 Å². The summed E-state index contributed by atoms with van der Waals surface area (Å²) in [5.74, 6) is 0.486. The summed E-state index contributed by atoms with van der Waals surface area (Å²) in [6.07, 6.45) is 0. The van der Waals surface area contributed by atoms with Crippen molar-refractivity contribution in [3.8, 4) is 0 Å². The normalized spacial score (nSPS) is 10.6. The Balaban J connectivity index is 1.79. The molecule has 0 radical (unpaired) electrons. The highest BCUT2D eigenvalue weighted by Gasteiger charge is 2.12. The lowest BCUT2D eigenvalue weighted by Crippen LogP contribution is -2.15. The van der Waals surface area contributed by atoms with Crippen LogP contribution in [-0.4, -0.2) is 20.1 Å². The minimum atomic E-state index is -0.459. The number of ether oxygens (including phenoxy) is 1. The molecule has 4 heteroatoms. The standard InChI is InChI=1S/C18H17NO3/c1-19(12-16-9-10-17(22-16)18(20)21-2)15-8-7-13-5-3-4-6-14(13)11-15/h3-11H,12H2,1-2H3. The van der Waals surface area contributed by atoms with E-state index in [1.165, 1.54) is 17.9 Å². The summed E-state index contributed by atoms with van der Waals surface area (Å²) < 4.78 is 10.1. The second-order valence-corrected chi connectivity index (χ2v) is 5.15. The van der Waals surface area contributed by atoms with Gasteiger partial charge < -0.3 is 14.1 Å². The van der Waals surface area contributed by atoms with Crippen LogP contribution in [0, 0.1) is 0 Å². The molecule has 0 unspecified atom stereocenters. The van der Waals surface area contributed by atoms with Crippen LogP contribution in [0.25, 0.3) is 10.8 Å². The van der Waals surface area contributed by atoms with Gasteiger partial charge in [-0.2, -0.15) is 0 Å². The topological polar surface area (TPSA) is 42.7 Å². The summed E-state index contributed by atoms with van der Waals surface area (Å²) in [4.78, 5) is 13.5. The van der Waals surface area contributed by atoms with E-state index in [1.54, 1.807) is 12.1 Å². The highest BCUT2D eigenvalue weighted by atomic mass is 16.5. The molecule has 0 fully saturated rings. The maximum Gasteiger partial charge on any atom is 0.373 e. The minimum absolute atomic E-state index is 0.226. The van der Waals surface area contributed by atoms with Gasteiger partial charge in [0, 0.05) is 12.7 Å². The molecule has 0 aliphatic rings. The molecule has 0 N–H and O–H groups in total. The number of benzene rings is 2. The van der Waals surface area contributed by atoms with E-state index in [1.807, 2.05) is 19.2 Å². The predicted molar refractivity (Wildman–Crippen MR) is 86.1 cm³/mol. The molecule has 2 aromatic carbocycles. The molecule has 0 saturated heterocycles. The Morgan fingerprint density at radius 3 is 2.64 bits per heavy atom. The van der Waals surface area contributed by atoms with Gasteiger partial charge in [0.05, 0.1) is 13.7 Å². The lowest BCUT2D eigenvalue weighted by Gasteiger charge is -2.18. The van der Waals surface area contributed by atoms with Crippen molar-refractivity contribution in [1.29, 1.82) is 0 Å². The summed E-state index contributed by atoms with van der Waals surface area (Å²) in [5, 5.41) is 2.41. The van der Waals surface area contributed by atoms with Crippen LogP contribution in [0.15, 0.2) is 59.0 Å². The van der Waals surface area contributed by atoms with Gasteiger partial charge in [0.15, 0.2) is 0 Å². The fourth-order valence-electron chi connectivity index (χ4n) is 2.41. The average molecular weight is 295 g/mol. The number of anilines is 1. The number of fused-ring (bicyclic) bond motifs is 1. The van der Waals surface area contributed by atoms with Crippen LogP contribution >= 0.6 is 0 Å². The van der Waals surface area contributed by atoms with Crippen LogP contribution in [-0.2, 0) is 11.3 Å². The van der Waals surface area contributed by atoms with Crippen LogP contribution in [0.2, 0.25) is 0 Å². The molecule has 4 nitrogen and oxygen atoms in total. The van der Waals surface area contributed by atoms with E-state index in [4.69, 9.17) is 4.42 Å². The third-order valence-electron chi connectivity index (χ3n) is 3.62. The molecule has 0 saturated carbocycles. The number of furan rings is 1. The molecule has 112 valence electrons. The number of carbonyl (C=O) groups excluding carboxylic acids is 1. The van der Waals surface area contributed by atoms with E-state index >= 15 is 0 Å². The Bertz CT molecular complexity index is 807. The van der Waals surface area contributed by atoms with Gasteiger partial charge in [0.2, 0.25) is 5.76 Å². The number of methoxy groups -OCH3 is 1. The molecule has 0 bridgehead atoms. The summed E-state index contributed by atoms with van der Waals surface area (Å²) >= 11 is 0. The summed E-state index contributed by atoms with van der Waals surface area (Å²) in [7, 11) is 3.33. The van der Waals surface area contributed by atoms with Gasteiger partial charge in [-0.3, -0.25) is 0 Å². The molecule has 0 spiro atoms. The SMILES string of the molecule is COC(=O)c1ccc(CN(C)c2ccc3ccccc3c2)o1. The molecule has 0 amide bonds. The molecule has 0 aliphatic carbocycles. The van der Waals surface area contributed by atoms with E-state index in [0.29, 0.717) is 6.54 Å². The zero-order chi connectivity index (χ0) is 15.5. The number of hydrogen-bond donors (Lipinski definition) is 0. The maximum atomic E-state index is 11.4. The van der Waals surface area contributed by atoms with Crippen molar-refractivity contribution in [3.05, 3.63) is 66.1 Å². The van der Waals surface area contributed by atoms with Crippen molar-refractivity contribution in [3.63, 3.8) is 0 Å². The highest BCUT2D eigenvalue weighted by molar-refractivity contribution is 5.86. The lowest BCUT2D eigenvalue weighted by molar-refractivity contribution is 0.0563. The Kier molecular flexibility index (Phi) is 3.83. The fourth-order valence-corrected chi connectivity index (χ4v) is 2.41. The van der Waals surface area contributed by atoms with Crippen molar-refractivity contribution >= 4 is 22.4 Å². The third-order valence-corrected chi connectivity index (χ3v) is 3.62. The highest BCUT2D eigenvalue weighted by Crippen LogP contribution is 2.23. The number of hydrogen-bond acceptors (Lipinski definition) is 4. The molecule has 0 atom stereocenters. The lowest BCUT2D eigenvalue weighted by atomic mass is 10.1. The second kappa shape index (κ2) is 5.93. The van der Waals surface area contributed by atoms with Crippen LogP contribution in [0.5, 0.6) is 0 Å². The molecular weight excluding hydrogens is 278 g/mol. The smallest absolute Gasteiger partial charge is 0.373 e.